The Bertz CT molecular complexity index is 500. The van der Waals surface area contributed by atoms with Gasteiger partial charge < -0.3 is 0 Å². The van der Waals surface area contributed by atoms with E-state index >= 15 is 0 Å². The summed E-state index contributed by atoms with van der Waals surface area (Å²) < 4.78 is 0. The molecule has 1 fully saturated rings. The molecule has 2 atom stereocenters. The molecule has 2 amide bonds. The maximum atomic E-state index is 11.5. The van der Waals surface area contributed by atoms with Crippen LogP contribution >= 0.6 is 15.9 Å². The molecule has 7 heteroatoms. The molecular weight excluding hydrogens is 292 g/mol. The lowest BCUT2D eigenvalue weighted by molar-refractivity contribution is -0.384. The number of benzene rings is 1. The van der Waals surface area contributed by atoms with Crippen molar-refractivity contribution in [2.24, 2.45) is 0 Å². The molecule has 0 aromatic heterocycles. The summed E-state index contributed by atoms with van der Waals surface area (Å²) in [5, 5.41) is 12.7. The first-order valence-corrected chi connectivity index (χ1v) is 5.65. The molecule has 1 aromatic carbocycles. The molecule has 0 radical (unpaired) electrons. The van der Waals surface area contributed by atoms with Crippen molar-refractivity contribution in [2.45, 2.75) is 10.7 Å². The van der Waals surface area contributed by atoms with Crippen molar-refractivity contribution in [3.05, 3.63) is 39.9 Å². The number of rotatable bonds is 2. The number of carbonyl (C=O) groups is 2. The predicted molar refractivity (Wildman–Crippen MR) is 61.7 cm³/mol. The van der Waals surface area contributed by atoms with Crippen LogP contribution in [-0.4, -0.2) is 21.6 Å². The van der Waals surface area contributed by atoms with Crippen molar-refractivity contribution < 1.29 is 14.5 Å². The zero-order valence-electron chi connectivity index (χ0n) is 8.42. The van der Waals surface area contributed by atoms with Gasteiger partial charge in [-0.3, -0.25) is 25.0 Å². The average molecular weight is 299 g/mol. The van der Waals surface area contributed by atoms with E-state index in [1.165, 1.54) is 24.3 Å². The number of nitrogens with zero attached hydrogens (tertiary/aromatic N) is 1. The van der Waals surface area contributed by atoms with Gasteiger partial charge >= 0.3 is 0 Å². The highest BCUT2D eigenvalue weighted by atomic mass is 79.9. The van der Waals surface area contributed by atoms with Crippen molar-refractivity contribution in [2.75, 3.05) is 0 Å². The Labute approximate surface area is 104 Å². The van der Waals surface area contributed by atoms with E-state index in [0.717, 1.165) is 0 Å². The summed E-state index contributed by atoms with van der Waals surface area (Å²) in [5.41, 5.74) is 0.519. The van der Waals surface area contributed by atoms with Crippen LogP contribution in [0.3, 0.4) is 0 Å². The molecule has 2 unspecified atom stereocenters. The highest BCUT2D eigenvalue weighted by Gasteiger charge is 2.40. The van der Waals surface area contributed by atoms with Crippen LogP contribution in [0.2, 0.25) is 0 Å². The van der Waals surface area contributed by atoms with E-state index in [1.54, 1.807) is 0 Å². The van der Waals surface area contributed by atoms with E-state index in [-0.39, 0.29) is 5.69 Å². The smallest absolute Gasteiger partial charge is 0.269 e. The standard InChI is InChI=1S/C10H7BrN2O4/c11-8-7(9(14)12-10(8)15)5-1-3-6(4-2-5)13(16)17/h1-4,7-8H,(H,12,14,15). The monoisotopic (exact) mass is 298 g/mol. The van der Waals surface area contributed by atoms with Crippen LogP contribution in [0.1, 0.15) is 11.5 Å². The molecule has 0 saturated carbocycles. The molecule has 2 rings (SSSR count). The lowest BCUT2D eigenvalue weighted by atomic mass is 9.97. The van der Waals surface area contributed by atoms with Crippen LogP contribution in [-0.2, 0) is 9.59 Å². The van der Waals surface area contributed by atoms with Gasteiger partial charge in [-0.1, -0.05) is 28.1 Å². The van der Waals surface area contributed by atoms with Gasteiger partial charge in [-0.05, 0) is 5.56 Å². The number of nitrogens with one attached hydrogen (secondary N) is 1. The van der Waals surface area contributed by atoms with Gasteiger partial charge in [-0.15, -0.1) is 0 Å². The van der Waals surface area contributed by atoms with Gasteiger partial charge in [0.25, 0.3) is 5.69 Å². The highest BCUT2D eigenvalue weighted by molar-refractivity contribution is 9.10. The number of alkyl halides is 1. The fourth-order valence-corrected chi connectivity index (χ4v) is 2.34. The molecule has 17 heavy (non-hydrogen) atoms. The van der Waals surface area contributed by atoms with E-state index in [4.69, 9.17) is 0 Å². The van der Waals surface area contributed by atoms with E-state index in [9.17, 15) is 19.7 Å². The first-order valence-electron chi connectivity index (χ1n) is 4.74. The fraction of sp³-hybridized carbons (Fsp3) is 0.200. The number of carbonyl (C=O) groups excluding carboxylic acids is 2. The summed E-state index contributed by atoms with van der Waals surface area (Å²) in [6, 6.07) is 5.58. The van der Waals surface area contributed by atoms with Crippen LogP contribution in [0.25, 0.3) is 0 Å². The number of halogens is 1. The number of hydrogen-bond acceptors (Lipinski definition) is 4. The summed E-state index contributed by atoms with van der Waals surface area (Å²) >= 11 is 3.13. The van der Waals surface area contributed by atoms with Gasteiger partial charge in [0.1, 0.15) is 4.83 Å². The number of imide groups is 1. The number of nitro groups is 1. The van der Waals surface area contributed by atoms with Crippen LogP contribution in [0.15, 0.2) is 24.3 Å². The molecule has 1 aliphatic rings. The summed E-state index contributed by atoms with van der Waals surface area (Å²) in [5.74, 6) is -1.42. The molecular formula is C10H7BrN2O4. The molecule has 88 valence electrons. The fourth-order valence-electron chi connectivity index (χ4n) is 1.68. The maximum absolute atomic E-state index is 11.5. The van der Waals surface area contributed by atoms with Crippen molar-refractivity contribution in [3.63, 3.8) is 0 Å². The van der Waals surface area contributed by atoms with E-state index in [0.29, 0.717) is 5.56 Å². The van der Waals surface area contributed by atoms with E-state index in [2.05, 4.69) is 21.2 Å². The molecule has 1 N–H and O–H groups in total. The quantitative estimate of drug-likeness (QED) is 0.383. The van der Waals surface area contributed by atoms with Crippen molar-refractivity contribution >= 4 is 33.4 Å². The van der Waals surface area contributed by atoms with Gasteiger partial charge in [0.15, 0.2) is 0 Å². The van der Waals surface area contributed by atoms with Crippen molar-refractivity contribution in [1.82, 2.24) is 5.32 Å². The maximum Gasteiger partial charge on any atom is 0.269 e. The second kappa shape index (κ2) is 4.25. The van der Waals surface area contributed by atoms with Gasteiger partial charge in [0.05, 0.1) is 10.8 Å². The first kappa shape index (κ1) is 11.7. The minimum atomic E-state index is -0.636. The first-order chi connectivity index (χ1) is 8.00. The normalized spacial score (nSPS) is 23.6. The van der Waals surface area contributed by atoms with Crippen LogP contribution in [0.5, 0.6) is 0 Å². The molecule has 1 aromatic rings. The molecule has 1 saturated heterocycles. The number of hydrogen-bond donors (Lipinski definition) is 1. The summed E-state index contributed by atoms with van der Waals surface area (Å²) in [6.45, 7) is 0. The molecule has 1 aliphatic heterocycles. The Hall–Kier alpha value is -1.76. The minimum Gasteiger partial charge on any atom is -0.295 e. The van der Waals surface area contributed by atoms with E-state index in [1.807, 2.05) is 0 Å². The Kier molecular flexibility index (Phi) is 2.93. The molecule has 0 spiro atoms. The predicted octanol–water partition coefficient (Wildman–Crippen LogP) is 1.10. The zero-order chi connectivity index (χ0) is 12.6. The second-order valence-corrected chi connectivity index (χ2v) is 4.57. The van der Waals surface area contributed by atoms with Gasteiger partial charge in [-0.2, -0.15) is 0 Å². The number of non-ortho nitro benzene ring substituents is 1. The van der Waals surface area contributed by atoms with Gasteiger partial charge in [-0.25, -0.2) is 0 Å². The lowest BCUT2D eigenvalue weighted by Crippen LogP contribution is -2.22. The third kappa shape index (κ3) is 2.05. The third-order valence-corrected chi connectivity index (χ3v) is 3.48. The topological polar surface area (TPSA) is 89.3 Å². The third-order valence-electron chi connectivity index (χ3n) is 2.54. The van der Waals surface area contributed by atoms with Crippen LogP contribution in [0.4, 0.5) is 5.69 Å². The zero-order valence-corrected chi connectivity index (χ0v) is 10.0. The summed E-state index contributed by atoms with van der Waals surface area (Å²) in [4.78, 5) is 32.1. The van der Waals surface area contributed by atoms with Crippen LogP contribution in [0, 0.1) is 10.1 Å². The Morgan fingerprint density at radius 2 is 1.76 bits per heavy atom. The minimum absolute atomic E-state index is 0.0513. The molecule has 1 heterocycles. The lowest BCUT2D eigenvalue weighted by Gasteiger charge is -2.09. The van der Waals surface area contributed by atoms with Crippen molar-refractivity contribution in [1.29, 1.82) is 0 Å². The number of nitro benzene ring substituents is 1. The Morgan fingerprint density at radius 3 is 2.18 bits per heavy atom. The van der Waals surface area contributed by atoms with Crippen molar-refractivity contribution in [3.8, 4) is 0 Å². The van der Waals surface area contributed by atoms with Crippen LogP contribution < -0.4 is 5.32 Å². The highest BCUT2D eigenvalue weighted by Crippen LogP contribution is 2.30. The molecule has 6 nitrogen and oxygen atoms in total. The van der Waals surface area contributed by atoms with Gasteiger partial charge in [0.2, 0.25) is 11.8 Å². The SMILES string of the molecule is O=C1NC(=O)C(c2ccc([N+](=O)[O-])cc2)C1Br. The molecule has 0 aliphatic carbocycles. The average Bonchev–Trinajstić information content (AvgIpc) is 2.53. The summed E-state index contributed by atoms with van der Waals surface area (Å²) in [7, 11) is 0. The largest absolute Gasteiger partial charge is 0.295 e. The van der Waals surface area contributed by atoms with E-state index < -0.39 is 27.5 Å². The Morgan fingerprint density at radius 1 is 1.18 bits per heavy atom. The number of amides is 2. The molecule has 0 bridgehead atoms. The van der Waals surface area contributed by atoms with Gasteiger partial charge in [0, 0.05) is 12.1 Å². The second-order valence-electron chi connectivity index (χ2n) is 3.58. The summed E-state index contributed by atoms with van der Waals surface area (Å²) in [6.07, 6.45) is 0. The Balaban J connectivity index is 2.32.